The predicted octanol–water partition coefficient (Wildman–Crippen LogP) is 5.52. The molecule has 0 unspecified atom stereocenters. The van der Waals surface area contributed by atoms with Crippen LogP contribution in [0.2, 0.25) is 0 Å². The number of ketones is 1. The van der Waals surface area contributed by atoms with Gasteiger partial charge in [0.2, 0.25) is 0 Å². The Morgan fingerprint density at radius 2 is 1.81 bits per heavy atom. The lowest BCUT2D eigenvalue weighted by atomic mass is 9.46. The van der Waals surface area contributed by atoms with Gasteiger partial charge >= 0.3 is 5.97 Å². The number of hydrogen-bond acceptors (Lipinski definition) is 7. The number of hydrogen-bond donors (Lipinski definition) is 2. The number of amides is 1. The molecule has 1 aromatic rings. The number of allylic oxidation sites excluding steroid dienone is 2. The summed E-state index contributed by atoms with van der Waals surface area (Å²) in [6, 6.07) is 5.62. The highest BCUT2D eigenvalue weighted by atomic mass is 16.6. The molecule has 7 atom stereocenters. The zero-order valence-electron chi connectivity index (χ0n) is 25.5. The van der Waals surface area contributed by atoms with Crippen LogP contribution in [0, 0.1) is 34.5 Å². The van der Waals surface area contributed by atoms with E-state index in [4.69, 9.17) is 9.57 Å². The Morgan fingerprint density at radius 3 is 2.52 bits per heavy atom. The molecule has 4 aliphatic carbocycles. The smallest absolute Gasteiger partial charge is 0.328 e. The number of fused-ring (bicyclic) bond motifs is 5. The molecule has 4 aliphatic rings. The van der Waals surface area contributed by atoms with Gasteiger partial charge in [0, 0.05) is 12.3 Å². The first-order valence-corrected chi connectivity index (χ1v) is 15.7. The van der Waals surface area contributed by atoms with E-state index in [0.29, 0.717) is 23.5 Å². The molecule has 0 aromatic heterocycles. The number of rotatable bonds is 9. The molecule has 42 heavy (non-hydrogen) atoms. The van der Waals surface area contributed by atoms with Crippen LogP contribution in [0.5, 0.6) is 5.75 Å². The highest BCUT2D eigenvalue weighted by Gasteiger charge is 2.59. The van der Waals surface area contributed by atoms with E-state index >= 15 is 0 Å². The van der Waals surface area contributed by atoms with Gasteiger partial charge in [-0.15, -0.1) is 0 Å². The average molecular weight is 579 g/mol. The first-order valence-electron chi connectivity index (χ1n) is 15.7. The topological polar surface area (TPSA) is 114 Å². The molecule has 2 N–H and O–H groups in total. The standard InChI is InChI=1S/C34H46N2O6/c1-5-41-32(40)30(18-22-6-9-25(38)10-7-22)35-31(39)20-42-36-24-14-16-33(3)23(19-24)8-11-26-28-13-12-27(21(2)37)34(28,4)17-15-29(26)33/h6-7,9-10,19,26-30,38H,5,8,11-18,20H2,1-4H3,(H,35,39)/t26-,27+,28+,29+,30-,33+,34-/m0/s1. The second-order valence-corrected chi connectivity index (χ2v) is 13.4. The zero-order chi connectivity index (χ0) is 30.1. The summed E-state index contributed by atoms with van der Waals surface area (Å²) >= 11 is 0. The molecule has 0 radical (unpaired) electrons. The number of carbonyl (C=O) groups is 3. The van der Waals surface area contributed by atoms with Crippen molar-refractivity contribution in [2.75, 3.05) is 13.2 Å². The largest absolute Gasteiger partial charge is 0.508 e. The first-order chi connectivity index (χ1) is 20.0. The van der Waals surface area contributed by atoms with E-state index < -0.39 is 17.9 Å². The summed E-state index contributed by atoms with van der Waals surface area (Å²) < 4.78 is 5.15. The van der Waals surface area contributed by atoms with E-state index in [1.165, 1.54) is 24.8 Å². The Labute approximate surface area is 249 Å². The summed E-state index contributed by atoms with van der Waals surface area (Å²) in [6.45, 7) is 8.25. The maximum atomic E-state index is 12.7. The number of nitrogens with one attached hydrogen (secondary N) is 1. The van der Waals surface area contributed by atoms with Crippen LogP contribution in [0.15, 0.2) is 41.1 Å². The van der Waals surface area contributed by atoms with Crippen LogP contribution in [0.3, 0.4) is 0 Å². The third-order valence-electron chi connectivity index (χ3n) is 11.1. The minimum atomic E-state index is -0.867. The van der Waals surface area contributed by atoms with Crippen LogP contribution in [0.25, 0.3) is 0 Å². The fraction of sp³-hybridized carbons (Fsp3) is 0.647. The van der Waals surface area contributed by atoms with Crippen molar-refractivity contribution in [2.45, 2.75) is 91.5 Å². The van der Waals surface area contributed by atoms with Crippen molar-refractivity contribution in [1.82, 2.24) is 5.32 Å². The van der Waals surface area contributed by atoms with Crippen LogP contribution in [-0.2, 0) is 30.4 Å². The van der Waals surface area contributed by atoms with Crippen LogP contribution >= 0.6 is 0 Å². The lowest BCUT2D eigenvalue weighted by Gasteiger charge is -2.58. The van der Waals surface area contributed by atoms with Gasteiger partial charge in [0.05, 0.1) is 12.3 Å². The second kappa shape index (κ2) is 12.2. The van der Waals surface area contributed by atoms with Crippen molar-refractivity contribution >= 4 is 23.4 Å². The van der Waals surface area contributed by atoms with Gasteiger partial charge in [-0.1, -0.05) is 36.7 Å². The van der Waals surface area contributed by atoms with E-state index in [0.717, 1.165) is 43.4 Å². The van der Waals surface area contributed by atoms with Gasteiger partial charge in [-0.2, -0.15) is 0 Å². The fourth-order valence-corrected chi connectivity index (χ4v) is 9.02. The Bertz CT molecular complexity index is 1250. The molecule has 5 rings (SSSR count). The van der Waals surface area contributed by atoms with E-state index in [-0.39, 0.29) is 42.1 Å². The minimum Gasteiger partial charge on any atom is -0.508 e. The number of nitrogens with zero attached hydrogens (tertiary/aromatic N) is 1. The van der Waals surface area contributed by atoms with E-state index in [1.54, 1.807) is 38.1 Å². The number of benzene rings is 1. The highest BCUT2D eigenvalue weighted by Crippen LogP contribution is 2.66. The molecule has 1 aromatic carbocycles. The number of phenols is 1. The Hall–Kier alpha value is -3.16. The predicted molar refractivity (Wildman–Crippen MR) is 160 cm³/mol. The first kappa shape index (κ1) is 30.3. The quantitative estimate of drug-likeness (QED) is 0.295. The molecular formula is C34H46N2O6. The van der Waals surface area contributed by atoms with E-state index in [1.807, 2.05) is 0 Å². The summed E-state index contributed by atoms with van der Waals surface area (Å²) in [7, 11) is 0. The summed E-state index contributed by atoms with van der Waals surface area (Å²) in [5.41, 5.74) is 3.40. The molecule has 3 saturated carbocycles. The molecule has 8 nitrogen and oxygen atoms in total. The SMILES string of the molecule is CCOC(=O)[C@H](Cc1ccc(O)cc1)NC(=O)CON=C1C=C2CC[C@H]3[C@H]4CC[C@H](C(C)=O)[C@]4(C)CC[C@H]3[C@]2(C)CC1. The van der Waals surface area contributed by atoms with E-state index in [9.17, 15) is 19.5 Å². The number of aromatic hydroxyl groups is 1. The summed E-state index contributed by atoms with van der Waals surface area (Å²) in [5, 5.41) is 16.6. The van der Waals surface area contributed by atoms with E-state index in [2.05, 4.69) is 30.4 Å². The van der Waals surface area contributed by atoms with Crippen LogP contribution in [0.1, 0.15) is 84.6 Å². The average Bonchev–Trinajstić information content (AvgIpc) is 3.31. The van der Waals surface area contributed by atoms with Gasteiger partial charge in [0.1, 0.15) is 17.6 Å². The lowest BCUT2D eigenvalue weighted by Crippen LogP contribution is -2.51. The molecule has 3 fully saturated rings. The van der Waals surface area contributed by atoms with Crippen LogP contribution in [-0.4, -0.2) is 47.7 Å². The third kappa shape index (κ3) is 5.86. The summed E-state index contributed by atoms with van der Waals surface area (Å²) in [6.07, 6.45) is 11.0. The Morgan fingerprint density at radius 1 is 1.05 bits per heavy atom. The maximum Gasteiger partial charge on any atom is 0.328 e. The van der Waals surface area contributed by atoms with Gasteiger partial charge in [0.25, 0.3) is 5.91 Å². The van der Waals surface area contributed by atoms with Crippen molar-refractivity contribution < 1.29 is 29.1 Å². The molecule has 1 amide bonds. The maximum absolute atomic E-state index is 12.7. The Kier molecular flexibility index (Phi) is 8.81. The molecule has 0 heterocycles. The lowest BCUT2D eigenvalue weighted by molar-refractivity contribution is -0.147. The van der Waals surface area contributed by atoms with Crippen molar-refractivity contribution in [2.24, 2.45) is 39.7 Å². The van der Waals surface area contributed by atoms with Gasteiger partial charge in [-0.25, -0.2) is 4.79 Å². The molecule has 228 valence electrons. The zero-order valence-corrected chi connectivity index (χ0v) is 25.5. The van der Waals surface area contributed by atoms with Crippen molar-refractivity contribution in [3.63, 3.8) is 0 Å². The molecular weight excluding hydrogens is 532 g/mol. The minimum absolute atomic E-state index is 0.132. The monoisotopic (exact) mass is 578 g/mol. The number of oxime groups is 1. The van der Waals surface area contributed by atoms with Crippen molar-refractivity contribution in [1.29, 1.82) is 0 Å². The molecule has 0 bridgehead atoms. The fourth-order valence-electron chi connectivity index (χ4n) is 9.02. The van der Waals surface area contributed by atoms with Crippen molar-refractivity contribution in [3.05, 3.63) is 41.5 Å². The number of ether oxygens (including phenoxy) is 1. The Balaban J connectivity index is 1.19. The number of carbonyl (C=O) groups excluding carboxylic acids is 3. The number of phenolic OH excluding ortho intramolecular Hbond substituents is 1. The van der Waals surface area contributed by atoms with Gasteiger partial charge in [-0.3, -0.25) is 9.59 Å². The molecule has 8 heteroatoms. The van der Waals surface area contributed by atoms with Crippen LogP contribution < -0.4 is 5.32 Å². The normalized spacial score (nSPS) is 33.4. The van der Waals surface area contributed by atoms with Gasteiger partial charge < -0.3 is 20.0 Å². The molecule has 0 aliphatic heterocycles. The van der Waals surface area contributed by atoms with Crippen LogP contribution in [0.4, 0.5) is 0 Å². The van der Waals surface area contributed by atoms with Gasteiger partial charge in [-0.05, 0) is 118 Å². The number of esters is 1. The molecule has 0 spiro atoms. The van der Waals surface area contributed by atoms with Gasteiger partial charge in [0.15, 0.2) is 6.61 Å². The number of Topliss-reactive ketones (excluding diaryl/α,β-unsaturated/α-hetero) is 1. The molecule has 0 saturated heterocycles. The van der Waals surface area contributed by atoms with Crippen molar-refractivity contribution in [3.8, 4) is 5.75 Å². The summed E-state index contributed by atoms with van der Waals surface area (Å²) in [4.78, 5) is 43.1. The second-order valence-electron chi connectivity index (χ2n) is 13.4. The highest BCUT2D eigenvalue weighted by molar-refractivity contribution is 5.96. The summed E-state index contributed by atoms with van der Waals surface area (Å²) in [5.74, 6) is 1.74. The third-order valence-corrected chi connectivity index (χ3v) is 11.1.